The zero-order valence-corrected chi connectivity index (χ0v) is 15.5. The van der Waals surface area contributed by atoms with Crippen molar-refractivity contribution in [3.8, 4) is 0 Å². The Morgan fingerprint density at radius 1 is 1.27 bits per heavy atom. The molecule has 1 aliphatic heterocycles. The van der Waals surface area contributed by atoms with Crippen LogP contribution in [0.5, 0.6) is 0 Å². The van der Waals surface area contributed by atoms with E-state index in [-0.39, 0.29) is 5.91 Å². The lowest BCUT2D eigenvalue weighted by atomic mass is 10.1. The number of hydrogen-bond donors (Lipinski definition) is 2. The number of aromatic nitrogens is 3. The molecule has 7 heteroatoms. The number of piperidine rings is 1. The van der Waals surface area contributed by atoms with Gasteiger partial charge in [0.2, 0.25) is 0 Å². The van der Waals surface area contributed by atoms with Gasteiger partial charge >= 0.3 is 0 Å². The Morgan fingerprint density at radius 2 is 1.96 bits per heavy atom. The number of carbonyl (C=O) groups is 1. The van der Waals surface area contributed by atoms with Crippen molar-refractivity contribution in [2.75, 3.05) is 19.7 Å². The fourth-order valence-corrected chi connectivity index (χ4v) is 3.19. The van der Waals surface area contributed by atoms with Crippen molar-refractivity contribution in [2.24, 2.45) is 0 Å². The number of nitrogens with zero attached hydrogens (tertiary/aromatic N) is 3. The van der Waals surface area contributed by atoms with E-state index in [9.17, 15) is 4.79 Å². The molecule has 1 aliphatic rings. The van der Waals surface area contributed by atoms with E-state index in [1.165, 1.54) is 0 Å². The highest BCUT2D eigenvalue weighted by Crippen LogP contribution is 2.20. The number of hydrogen-bond acceptors (Lipinski definition) is 5. The molecular formula is C19H27N5O2. The molecule has 1 saturated heterocycles. The largest absolute Gasteiger partial charge is 0.377 e. The van der Waals surface area contributed by atoms with E-state index in [4.69, 9.17) is 4.74 Å². The first kappa shape index (κ1) is 18.5. The van der Waals surface area contributed by atoms with Crippen molar-refractivity contribution in [1.29, 1.82) is 0 Å². The van der Waals surface area contributed by atoms with Gasteiger partial charge in [-0.3, -0.25) is 4.79 Å². The molecule has 140 valence electrons. The number of ether oxygens (including phenoxy) is 1. The topological polar surface area (TPSA) is 81.1 Å². The molecule has 2 aromatic rings. The van der Waals surface area contributed by atoms with Crippen molar-refractivity contribution < 1.29 is 9.53 Å². The third-order valence-corrected chi connectivity index (χ3v) is 4.75. The van der Waals surface area contributed by atoms with Gasteiger partial charge in [0.15, 0.2) is 5.69 Å². The van der Waals surface area contributed by atoms with Crippen LogP contribution in [0.15, 0.2) is 24.3 Å². The van der Waals surface area contributed by atoms with E-state index < -0.39 is 0 Å². The first-order chi connectivity index (χ1) is 12.7. The molecule has 2 heterocycles. The molecule has 0 unspecified atom stereocenters. The van der Waals surface area contributed by atoms with Crippen LogP contribution in [0.25, 0.3) is 0 Å². The summed E-state index contributed by atoms with van der Waals surface area (Å²) in [6.45, 7) is 7.63. The fraction of sp³-hybridized carbons (Fsp3) is 0.526. The minimum atomic E-state index is -0.180. The zero-order chi connectivity index (χ0) is 18.4. The average molecular weight is 357 g/mol. The summed E-state index contributed by atoms with van der Waals surface area (Å²) in [7, 11) is 0. The monoisotopic (exact) mass is 357 g/mol. The first-order valence-electron chi connectivity index (χ1n) is 9.25. The maximum Gasteiger partial charge on any atom is 0.274 e. The molecule has 1 aromatic carbocycles. The molecule has 7 nitrogen and oxygen atoms in total. The lowest BCUT2D eigenvalue weighted by molar-refractivity contribution is 0.0945. The quantitative estimate of drug-likeness (QED) is 0.792. The second-order valence-corrected chi connectivity index (χ2v) is 6.59. The summed E-state index contributed by atoms with van der Waals surface area (Å²) >= 11 is 0. The van der Waals surface area contributed by atoms with Crippen LogP contribution in [0, 0.1) is 6.92 Å². The van der Waals surface area contributed by atoms with Crippen LogP contribution in [-0.4, -0.2) is 40.6 Å². The van der Waals surface area contributed by atoms with Gasteiger partial charge in [-0.25, -0.2) is 4.68 Å². The maximum absolute atomic E-state index is 12.5. The van der Waals surface area contributed by atoms with Crippen molar-refractivity contribution in [1.82, 2.24) is 25.6 Å². The van der Waals surface area contributed by atoms with Crippen LogP contribution in [0.3, 0.4) is 0 Å². The number of amides is 1. The summed E-state index contributed by atoms with van der Waals surface area (Å²) in [6, 6.07) is 8.38. The van der Waals surface area contributed by atoms with Gasteiger partial charge < -0.3 is 15.4 Å². The number of carbonyl (C=O) groups excluding carboxylic acids is 1. The van der Waals surface area contributed by atoms with Gasteiger partial charge in [-0.1, -0.05) is 29.5 Å². The van der Waals surface area contributed by atoms with Crippen molar-refractivity contribution in [3.05, 3.63) is 46.8 Å². The molecule has 1 aromatic heterocycles. The molecule has 26 heavy (non-hydrogen) atoms. The summed E-state index contributed by atoms with van der Waals surface area (Å²) in [4.78, 5) is 12.5. The van der Waals surface area contributed by atoms with Crippen LogP contribution in [0.2, 0.25) is 0 Å². The van der Waals surface area contributed by atoms with Crippen LogP contribution in [0.4, 0.5) is 0 Å². The molecule has 0 saturated carbocycles. The SMILES string of the molecule is CCOCc1ccc(CNC(=O)c2nnn(C3CCNCC3)c2C)cc1. The smallest absolute Gasteiger partial charge is 0.274 e. The summed E-state index contributed by atoms with van der Waals surface area (Å²) in [5.74, 6) is -0.180. The Balaban J connectivity index is 1.57. The fourth-order valence-electron chi connectivity index (χ4n) is 3.19. The zero-order valence-electron chi connectivity index (χ0n) is 15.5. The van der Waals surface area contributed by atoms with E-state index in [0.29, 0.717) is 31.5 Å². The van der Waals surface area contributed by atoms with E-state index in [1.54, 1.807) is 0 Å². The predicted octanol–water partition coefficient (Wildman–Crippen LogP) is 1.98. The third-order valence-electron chi connectivity index (χ3n) is 4.75. The Labute approximate surface area is 154 Å². The Morgan fingerprint density at radius 3 is 2.65 bits per heavy atom. The first-order valence-corrected chi connectivity index (χ1v) is 9.25. The molecule has 0 spiro atoms. The highest BCUT2D eigenvalue weighted by molar-refractivity contribution is 5.93. The molecule has 0 aliphatic carbocycles. The second-order valence-electron chi connectivity index (χ2n) is 6.59. The highest BCUT2D eigenvalue weighted by atomic mass is 16.5. The summed E-state index contributed by atoms with van der Waals surface area (Å²) < 4.78 is 7.29. The van der Waals surface area contributed by atoms with Gasteiger partial charge in [0, 0.05) is 13.2 Å². The van der Waals surface area contributed by atoms with Crippen molar-refractivity contribution in [2.45, 2.75) is 45.9 Å². The normalized spacial score (nSPS) is 15.2. The highest BCUT2D eigenvalue weighted by Gasteiger charge is 2.22. The maximum atomic E-state index is 12.5. The lowest BCUT2D eigenvalue weighted by Gasteiger charge is -2.23. The van der Waals surface area contributed by atoms with E-state index in [1.807, 2.05) is 42.8 Å². The van der Waals surface area contributed by atoms with Crippen LogP contribution < -0.4 is 10.6 Å². The predicted molar refractivity (Wildman–Crippen MR) is 98.8 cm³/mol. The molecule has 0 radical (unpaired) electrons. The molecular weight excluding hydrogens is 330 g/mol. The Bertz CT molecular complexity index is 720. The average Bonchev–Trinajstić information content (AvgIpc) is 3.07. The number of benzene rings is 1. The molecule has 1 amide bonds. The van der Waals surface area contributed by atoms with Gasteiger partial charge in [0.1, 0.15) is 0 Å². The van der Waals surface area contributed by atoms with Gasteiger partial charge in [-0.2, -0.15) is 0 Å². The molecule has 0 atom stereocenters. The number of rotatable bonds is 7. The summed E-state index contributed by atoms with van der Waals surface area (Å²) in [5.41, 5.74) is 3.42. The van der Waals surface area contributed by atoms with E-state index in [2.05, 4.69) is 20.9 Å². The summed E-state index contributed by atoms with van der Waals surface area (Å²) in [6.07, 6.45) is 2.03. The van der Waals surface area contributed by atoms with Crippen LogP contribution >= 0.6 is 0 Å². The minimum Gasteiger partial charge on any atom is -0.377 e. The molecule has 0 bridgehead atoms. The standard InChI is InChI=1S/C19H27N5O2/c1-3-26-13-16-6-4-15(5-7-16)12-21-19(25)18-14(2)24(23-22-18)17-8-10-20-11-9-17/h4-7,17,20H,3,8-13H2,1-2H3,(H,21,25). The van der Waals surface area contributed by atoms with Crippen molar-refractivity contribution >= 4 is 5.91 Å². The van der Waals surface area contributed by atoms with Gasteiger partial charge in [-0.15, -0.1) is 5.10 Å². The third kappa shape index (κ3) is 4.47. The summed E-state index contributed by atoms with van der Waals surface area (Å²) in [5, 5.41) is 14.6. The second kappa shape index (κ2) is 8.91. The molecule has 1 fully saturated rings. The van der Waals surface area contributed by atoms with Crippen LogP contribution in [0.1, 0.15) is 53.1 Å². The Hall–Kier alpha value is -2.25. The molecule has 3 rings (SSSR count). The van der Waals surface area contributed by atoms with E-state index in [0.717, 1.165) is 42.8 Å². The van der Waals surface area contributed by atoms with Gasteiger partial charge in [0.25, 0.3) is 5.91 Å². The lowest BCUT2D eigenvalue weighted by Crippen LogP contribution is -2.30. The van der Waals surface area contributed by atoms with Crippen LogP contribution in [-0.2, 0) is 17.9 Å². The van der Waals surface area contributed by atoms with E-state index >= 15 is 0 Å². The Kier molecular flexibility index (Phi) is 6.35. The number of nitrogens with one attached hydrogen (secondary N) is 2. The minimum absolute atomic E-state index is 0.180. The van der Waals surface area contributed by atoms with Gasteiger partial charge in [0.05, 0.1) is 18.3 Å². The van der Waals surface area contributed by atoms with Crippen molar-refractivity contribution in [3.63, 3.8) is 0 Å². The van der Waals surface area contributed by atoms with Gasteiger partial charge in [-0.05, 0) is 50.9 Å². The molecule has 2 N–H and O–H groups in total.